The second-order valence-corrected chi connectivity index (χ2v) is 6.09. The molecule has 0 spiro atoms. The standard InChI is InChI=1S/C21H16N2O3/c1-2-5-14(6-3-1)20-23-19-16(7-4-8-18(19)26-20)17-10-9-15(13-22-17)21-24-11-12-25-21/h1-10,13,21H,11-12H2. The van der Waals surface area contributed by atoms with Crippen LogP contribution >= 0.6 is 0 Å². The van der Waals surface area contributed by atoms with E-state index in [0.717, 1.165) is 33.5 Å². The second-order valence-electron chi connectivity index (χ2n) is 6.09. The molecule has 0 radical (unpaired) electrons. The first-order chi connectivity index (χ1) is 12.9. The van der Waals surface area contributed by atoms with Gasteiger partial charge in [0.25, 0.3) is 0 Å². The zero-order valence-corrected chi connectivity index (χ0v) is 14.0. The fourth-order valence-corrected chi connectivity index (χ4v) is 3.11. The zero-order valence-electron chi connectivity index (χ0n) is 14.0. The maximum Gasteiger partial charge on any atom is 0.227 e. The van der Waals surface area contributed by atoms with Crippen molar-refractivity contribution in [3.8, 4) is 22.7 Å². The maximum absolute atomic E-state index is 5.94. The molecule has 2 aromatic carbocycles. The van der Waals surface area contributed by atoms with E-state index in [-0.39, 0.29) is 6.29 Å². The summed E-state index contributed by atoms with van der Waals surface area (Å²) in [6, 6.07) is 19.7. The van der Waals surface area contributed by atoms with E-state index in [9.17, 15) is 0 Å². The largest absolute Gasteiger partial charge is 0.436 e. The first kappa shape index (κ1) is 15.3. The number of hydrogen-bond acceptors (Lipinski definition) is 5. The summed E-state index contributed by atoms with van der Waals surface area (Å²) in [4.78, 5) is 9.29. The van der Waals surface area contributed by atoms with E-state index >= 15 is 0 Å². The van der Waals surface area contributed by atoms with Crippen LogP contribution in [0, 0.1) is 0 Å². The Morgan fingerprint density at radius 3 is 2.46 bits per heavy atom. The van der Waals surface area contributed by atoms with E-state index in [1.165, 1.54) is 0 Å². The van der Waals surface area contributed by atoms with Gasteiger partial charge in [-0.3, -0.25) is 4.98 Å². The Morgan fingerprint density at radius 1 is 0.846 bits per heavy atom. The molecule has 0 N–H and O–H groups in total. The number of rotatable bonds is 3. The molecular formula is C21H16N2O3. The number of pyridine rings is 1. The van der Waals surface area contributed by atoms with Crippen LogP contribution in [0.1, 0.15) is 11.9 Å². The predicted molar refractivity (Wildman–Crippen MR) is 97.3 cm³/mol. The average Bonchev–Trinajstić information content (AvgIpc) is 3.38. The number of ether oxygens (including phenoxy) is 2. The first-order valence-corrected chi connectivity index (χ1v) is 8.53. The lowest BCUT2D eigenvalue weighted by Crippen LogP contribution is -1.98. The summed E-state index contributed by atoms with van der Waals surface area (Å²) in [5.74, 6) is 0.609. The summed E-state index contributed by atoms with van der Waals surface area (Å²) in [5.41, 5.74) is 5.20. The fourth-order valence-electron chi connectivity index (χ4n) is 3.11. The van der Waals surface area contributed by atoms with Crippen LogP contribution in [0.15, 0.2) is 71.3 Å². The number of para-hydroxylation sites is 1. The van der Waals surface area contributed by atoms with Gasteiger partial charge in [-0.05, 0) is 24.3 Å². The lowest BCUT2D eigenvalue weighted by atomic mass is 10.1. The van der Waals surface area contributed by atoms with Crippen LogP contribution in [0.25, 0.3) is 33.8 Å². The van der Waals surface area contributed by atoms with Gasteiger partial charge < -0.3 is 13.9 Å². The fraction of sp³-hybridized carbons (Fsp3) is 0.143. The van der Waals surface area contributed by atoms with Gasteiger partial charge >= 0.3 is 0 Å². The van der Waals surface area contributed by atoms with Crippen LogP contribution in [0.4, 0.5) is 0 Å². The first-order valence-electron chi connectivity index (χ1n) is 8.53. The smallest absolute Gasteiger partial charge is 0.227 e. The summed E-state index contributed by atoms with van der Waals surface area (Å²) >= 11 is 0. The van der Waals surface area contributed by atoms with Crippen molar-refractivity contribution in [2.45, 2.75) is 6.29 Å². The third kappa shape index (κ3) is 2.67. The molecule has 0 saturated carbocycles. The molecule has 0 amide bonds. The molecule has 1 saturated heterocycles. The molecule has 0 aliphatic carbocycles. The molecule has 4 aromatic rings. The summed E-state index contributed by atoms with van der Waals surface area (Å²) in [7, 11) is 0. The minimum Gasteiger partial charge on any atom is -0.436 e. The SMILES string of the molecule is c1ccc(-c2nc3c(-c4ccc(C5OCCO5)cn4)cccc3o2)cc1. The Hall–Kier alpha value is -3.02. The van der Waals surface area contributed by atoms with Gasteiger partial charge in [-0.25, -0.2) is 4.98 Å². The van der Waals surface area contributed by atoms with Crippen molar-refractivity contribution < 1.29 is 13.9 Å². The summed E-state index contributed by atoms with van der Waals surface area (Å²) in [6.45, 7) is 1.24. The third-order valence-corrected chi connectivity index (χ3v) is 4.40. The molecule has 5 nitrogen and oxygen atoms in total. The van der Waals surface area contributed by atoms with Crippen LogP contribution in [0.2, 0.25) is 0 Å². The van der Waals surface area contributed by atoms with Crippen LogP contribution in [-0.4, -0.2) is 23.2 Å². The van der Waals surface area contributed by atoms with Crippen molar-refractivity contribution in [1.29, 1.82) is 0 Å². The molecule has 1 aliphatic rings. The molecular weight excluding hydrogens is 328 g/mol. The molecule has 0 bridgehead atoms. The van der Waals surface area contributed by atoms with Crippen molar-refractivity contribution in [3.05, 3.63) is 72.4 Å². The molecule has 5 heteroatoms. The van der Waals surface area contributed by atoms with Gasteiger partial charge in [-0.2, -0.15) is 0 Å². The van der Waals surface area contributed by atoms with E-state index in [1.807, 2.05) is 60.7 Å². The third-order valence-electron chi connectivity index (χ3n) is 4.40. The summed E-state index contributed by atoms with van der Waals surface area (Å²) in [5, 5.41) is 0. The van der Waals surface area contributed by atoms with Crippen LogP contribution in [0.3, 0.4) is 0 Å². The Labute approximate surface area is 150 Å². The van der Waals surface area contributed by atoms with Gasteiger partial charge in [-0.1, -0.05) is 36.4 Å². The number of oxazole rings is 1. The van der Waals surface area contributed by atoms with E-state index in [4.69, 9.17) is 18.9 Å². The summed E-state index contributed by atoms with van der Waals surface area (Å²) < 4.78 is 17.0. The highest BCUT2D eigenvalue weighted by Crippen LogP contribution is 2.32. The van der Waals surface area contributed by atoms with E-state index < -0.39 is 0 Å². The molecule has 128 valence electrons. The topological polar surface area (TPSA) is 57.4 Å². The molecule has 26 heavy (non-hydrogen) atoms. The zero-order chi connectivity index (χ0) is 17.3. The minimum atomic E-state index is -0.316. The molecule has 1 aliphatic heterocycles. The Morgan fingerprint density at radius 2 is 1.69 bits per heavy atom. The highest BCUT2D eigenvalue weighted by atomic mass is 16.7. The van der Waals surface area contributed by atoms with Crippen molar-refractivity contribution >= 4 is 11.1 Å². The van der Waals surface area contributed by atoms with E-state index in [0.29, 0.717) is 19.1 Å². The van der Waals surface area contributed by atoms with Gasteiger partial charge in [0.2, 0.25) is 5.89 Å². The van der Waals surface area contributed by atoms with Crippen molar-refractivity contribution in [3.63, 3.8) is 0 Å². The monoisotopic (exact) mass is 344 g/mol. The number of fused-ring (bicyclic) bond motifs is 1. The number of aromatic nitrogens is 2. The van der Waals surface area contributed by atoms with Gasteiger partial charge in [0.1, 0.15) is 5.52 Å². The Balaban J connectivity index is 1.55. The van der Waals surface area contributed by atoms with E-state index in [2.05, 4.69) is 4.98 Å². The van der Waals surface area contributed by atoms with Crippen LogP contribution in [-0.2, 0) is 9.47 Å². The van der Waals surface area contributed by atoms with Gasteiger partial charge in [0.05, 0.1) is 18.9 Å². The lowest BCUT2D eigenvalue weighted by Gasteiger charge is -2.09. The highest BCUT2D eigenvalue weighted by molar-refractivity contribution is 5.91. The van der Waals surface area contributed by atoms with Crippen molar-refractivity contribution in [1.82, 2.24) is 9.97 Å². The lowest BCUT2D eigenvalue weighted by molar-refractivity contribution is -0.0443. The van der Waals surface area contributed by atoms with Crippen molar-refractivity contribution in [2.75, 3.05) is 13.2 Å². The quantitative estimate of drug-likeness (QED) is 0.543. The van der Waals surface area contributed by atoms with Gasteiger partial charge in [0.15, 0.2) is 11.9 Å². The number of nitrogens with zero attached hydrogens (tertiary/aromatic N) is 2. The van der Waals surface area contributed by atoms with E-state index in [1.54, 1.807) is 6.20 Å². The average molecular weight is 344 g/mol. The Kier molecular flexibility index (Phi) is 3.74. The maximum atomic E-state index is 5.94. The molecule has 0 atom stereocenters. The normalized spacial score (nSPS) is 14.9. The molecule has 1 fully saturated rings. The highest BCUT2D eigenvalue weighted by Gasteiger charge is 2.19. The molecule has 3 heterocycles. The molecule has 0 unspecified atom stereocenters. The number of benzene rings is 2. The minimum absolute atomic E-state index is 0.316. The van der Waals surface area contributed by atoms with Gasteiger partial charge in [0, 0.05) is 22.9 Å². The summed E-state index contributed by atoms with van der Waals surface area (Å²) in [6.07, 6.45) is 1.48. The molecule has 2 aromatic heterocycles. The van der Waals surface area contributed by atoms with Crippen LogP contribution < -0.4 is 0 Å². The Bertz CT molecular complexity index is 1040. The van der Waals surface area contributed by atoms with Crippen LogP contribution in [0.5, 0.6) is 0 Å². The molecule has 5 rings (SSSR count). The van der Waals surface area contributed by atoms with Gasteiger partial charge in [-0.15, -0.1) is 0 Å². The number of hydrogen-bond donors (Lipinski definition) is 0. The predicted octanol–water partition coefficient (Wildman–Crippen LogP) is 4.60. The second kappa shape index (κ2) is 6.37. The van der Waals surface area contributed by atoms with Crippen molar-refractivity contribution in [2.24, 2.45) is 0 Å².